The third-order valence-electron chi connectivity index (χ3n) is 3.30. The first-order chi connectivity index (χ1) is 9.79. The Kier molecular flexibility index (Phi) is 3.25. The minimum absolute atomic E-state index is 0.0981. The Hall–Kier alpha value is -2.56. The molecule has 5 heteroatoms. The molecule has 0 saturated carbocycles. The zero-order valence-electron chi connectivity index (χ0n) is 11.0. The number of carbonyl (C=O) groups excluding carboxylic acids is 1. The second-order valence-electron chi connectivity index (χ2n) is 4.48. The van der Waals surface area contributed by atoms with Gasteiger partial charge in [-0.3, -0.25) is 4.79 Å². The van der Waals surface area contributed by atoms with Crippen LogP contribution in [-0.2, 0) is 0 Å². The van der Waals surface area contributed by atoms with E-state index in [-0.39, 0.29) is 11.7 Å². The Bertz CT molecular complexity index is 630. The third kappa shape index (κ3) is 2.18. The summed E-state index contributed by atoms with van der Waals surface area (Å²) in [5.74, 6) is 1.23. The van der Waals surface area contributed by atoms with Gasteiger partial charge in [0.2, 0.25) is 5.78 Å². The summed E-state index contributed by atoms with van der Waals surface area (Å²) in [6.45, 7) is 0.574. The summed E-state index contributed by atoms with van der Waals surface area (Å²) < 4.78 is 10.5. The van der Waals surface area contributed by atoms with Crippen LogP contribution in [0.5, 0.6) is 5.75 Å². The van der Waals surface area contributed by atoms with Gasteiger partial charge in [0.05, 0.1) is 19.3 Å². The molecule has 1 aromatic carbocycles. The zero-order valence-corrected chi connectivity index (χ0v) is 11.0. The van der Waals surface area contributed by atoms with Crippen LogP contribution >= 0.6 is 0 Å². The van der Waals surface area contributed by atoms with Crippen LogP contribution in [0, 0.1) is 0 Å². The van der Waals surface area contributed by atoms with Crippen molar-refractivity contribution in [3.63, 3.8) is 0 Å². The molecule has 1 aromatic heterocycles. The molecular weight excluding hydrogens is 256 g/mol. The lowest BCUT2D eigenvalue weighted by Crippen LogP contribution is -2.21. The van der Waals surface area contributed by atoms with E-state index in [1.807, 2.05) is 12.1 Å². The molecule has 1 atom stereocenters. The number of hydrogen-bond acceptors (Lipinski definition) is 5. The van der Waals surface area contributed by atoms with E-state index in [0.717, 1.165) is 11.5 Å². The molecule has 102 valence electrons. The van der Waals surface area contributed by atoms with Gasteiger partial charge in [0.15, 0.2) is 0 Å². The fraction of sp³-hybridized carbons (Fsp3) is 0.200. The number of hydrazone groups is 1. The van der Waals surface area contributed by atoms with Crippen molar-refractivity contribution in [2.45, 2.75) is 5.92 Å². The van der Waals surface area contributed by atoms with Crippen molar-refractivity contribution in [2.75, 3.05) is 13.7 Å². The minimum atomic E-state index is -0.139. The minimum Gasteiger partial charge on any atom is -0.497 e. The molecule has 0 amide bonds. The molecule has 0 bridgehead atoms. The fourth-order valence-corrected chi connectivity index (χ4v) is 2.22. The van der Waals surface area contributed by atoms with Crippen LogP contribution in [0.2, 0.25) is 0 Å². The summed E-state index contributed by atoms with van der Waals surface area (Å²) in [6.07, 6.45) is 1.60. The number of Topliss-reactive ketones (excluding diaryl/α,β-unsaturated/α-hetero) is 1. The molecule has 3 rings (SSSR count). The highest BCUT2D eigenvalue weighted by Crippen LogP contribution is 2.23. The summed E-state index contributed by atoms with van der Waals surface area (Å²) in [6, 6.07) is 10.7. The van der Waals surface area contributed by atoms with Crippen molar-refractivity contribution in [1.29, 1.82) is 0 Å². The molecule has 1 aliphatic heterocycles. The van der Waals surface area contributed by atoms with Crippen LogP contribution in [0.15, 0.2) is 52.2 Å². The van der Waals surface area contributed by atoms with Gasteiger partial charge >= 0.3 is 0 Å². The van der Waals surface area contributed by atoms with Gasteiger partial charge in [-0.2, -0.15) is 5.10 Å². The molecule has 2 heterocycles. The number of ketones is 1. The number of nitrogens with one attached hydrogen (secondary N) is 1. The maximum absolute atomic E-state index is 12.5. The number of ether oxygens (including phenoxy) is 1. The molecule has 0 spiro atoms. The first kappa shape index (κ1) is 12.5. The average Bonchev–Trinajstić information content (AvgIpc) is 3.16. The molecule has 0 radical (unpaired) electrons. The predicted octanol–water partition coefficient (Wildman–Crippen LogP) is 2.21. The number of nitrogens with zero attached hydrogens (tertiary/aromatic N) is 1. The van der Waals surface area contributed by atoms with E-state index in [9.17, 15) is 4.79 Å². The van der Waals surface area contributed by atoms with E-state index >= 15 is 0 Å². The number of hydrogen-bond donors (Lipinski definition) is 1. The Labute approximate surface area is 116 Å². The van der Waals surface area contributed by atoms with Crippen molar-refractivity contribution in [3.8, 4) is 5.75 Å². The van der Waals surface area contributed by atoms with Gasteiger partial charge in [-0.15, -0.1) is 0 Å². The number of furan rings is 1. The second-order valence-corrected chi connectivity index (χ2v) is 4.48. The van der Waals surface area contributed by atoms with Gasteiger partial charge in [-0.1, -0.05) is 0 Å². The number of rotatable bonds is 4. The number of carbonyl (C=O) groups is 1. The summed E-state index contributed by atoms with van der Waals surface area (Å²) in [5.41, 5.74) is 3.93. The van der Waals surface area contributed by atoms with Crippen LogP contribution < -0.4 is 10.2 Å². The van der Waals surface area contributed by atoms with Crippen LogP contribution in [0.25, 0.3) is 0 Å². The second kappa shape index (κ2) is 5.21. The summed E-state index contributed by atoms with van der Waals surface area (Å²) in [7, 11) is 1.59. The summed E-state index contributed by atoms with van der Waals surface area (Å²) >= 11 is 0. The van der Waals surface area contributed by atoms with Gasteiger partial charge in [0.25, 0.3) is 0 Å². The lowest BCUT2D eigenvalue weighted by molar-refractivity contribution is 0.106. The van der Waals surface area contributed by atoms with E-state index in [0.29, 0.717) is 17.8 Å². The highest BCUT2D eigenvalue weighted by molar-refractivity contribution is 6.48. The zero-order chi connectivity index (χ0) is 13.9. The molecule has 2 aromatic rings. The van der Waals surface area contributed by atoms with Gasteiger partial charge < -0.3 is 14.6 Å². The van der Waals surface area contributed by atoms with Crippen LogP contribution in [0.4, 0.5) is 0 Å². The molecule has 20 heavy (non-hydrogen) atoms. The van der Waals surface area contributed by atoms with Crippen LogP contribution in [0.1, 0.15) is 22.0 Å². The summed E-state index contributed by atoms with van der Waals surface area (Å²) in [5, 5.41) is 4.12. The van der Waals surface area contributed by atoms with E-state index in [1.165, 1.54) is 0 Å². The molecule has 0 fully saturated rings. The Morgan fingerprint density at radius 2 is 2.15 bits per heavy atom. The predicted molar refractivity (Wildman–Crippen MR) is 74.2 cm³/mol. The van der Waals surface area contributed by atoms with Gasteiger partial charge in [0.1, 0.15) is 17.2 Å². The lowest BCUT2D eigenvalue weighted by Gasteiger charge is -2.08. The smallest absolute Gasteiger partial charge is 0.209 e. The molecule has 1 N–H and O–H groups in total. The molecule has 0 aliphatic carbocycles. The van der Waals surface area contributed by atoms with Crippen molar-refractivity contribution in [1.82, 2.24) is 5.43 Å². The first-order valence-corrected chi connectivity index (χ1v) is 6.32. The SMILES string of the molecule is COc1ccc(C(=O)C2=NNCC2c2ccco2)cc1. The quantitative estimate of drug-likeness (QED) is 0.865. The van der Waals surface area contributed by atoms with E-state index < -0.39 is 0 Å². The van der Waals surface area contributed by atoms with Crippen molar-refractivity contribution < 1.29 is 13.9 Å². The average molecular weight is 270 g/mol. The Morgan fingerprint density at radius 1 is 1.35 bits per heavy atom. The monoisotopic (exact) mass is 270 g/mol. The fourth-order valence-electron chi connectivity index (χ4n) is 2.22. The first-order valence-electron chi connectivity index (χ1n) is 6.32. The highest BCUT2D eigenvalue weighted by Gasteiger charge is 2.31. The maximum Gasteiger partial charge on any atom is 0.209 e. The molecule has 0 saturated heterocycles. The molecule has 5 nitrogen and oxygen atoms in total. The maximum atomic E-state index is 12.5. The van der Waals surface area contributed by atoms with Gasteiger partial charge in [-0.25, -0.2) is 0 Å². The third-order valence-corrected chi connectivity index (χ3v) is 3.30. The van der Waals surface area contributed by atoms with Gasteiger partial charge in [0, 0.05) is 12.1 Å². The Morgan fingerprint density at radius 3 is 2.80 bits per heavy atom. The van der Waals surface area contributed by atoms with Crippen molar-refractivity contribution >= 4 is 11.5 Å². The topological polar surface area (TPSA) is 63.8 Å². The van der Waals surface area contributed by atoms with E-state index in [1.54, 1.807) is 37.6 Å². The standard InChI is InChI=1S/C15H14N2O3/c1-19-11-6-4-10(5-7-11)15(18)14-12(9-16-17-14)13-3-2-8-20-13/h2-8,12,16H,9H2,1H3. The molecular formula is C15H14N2O3. The highest BCUT2D eigenvalue weighted by atomic mass is 16.5. The van der Waals surface area contributed by atoms with E-state index in [2.05, 4.69) is 10.5 Å². The number of benzene rings is 1. The number of methoxy groups -OCH3 is 1. The van der Waals surface area contributed by atoms with Crippen molar-refractivity contribution in [3.05, 3.63) is 54.0 Å². The van der Waals surface area contributed by atoms with Gasteiger partial charge in [-0.05, 0) is 36.4 Å². The van der Waals surface area contributed by atoms with Crippen LogP contribution in [0.3, 0.4) is 0 Å². The lowest BCUT2D eigenvalue weighted by atomic mass is 9.94. The Balaban J connectivity index is 1.85. The largest absolute Gasteiger partial charge is 0.497 e. The molecule has 1 unspecified atom stereocenters. The van der Waals surface area contributed by atoms with E-state index in [4.69, 9.17) is 9.15 Å². The summed E-state index contributed by atoms with van der Waals surface area (Å²) in [4.78, 5) is 12.5. The normalized spacial score (nSPS) is 17.4. The van der Waals surface area contributed by atoms with Crippen LogP contribution in [-0.4, -0.2) is 25.1 Å². The van der Waals surface area contributed by atoms with Crippen molar-refractivity contribution in [2.24, 2.45) is 5.10 Å². The molecule has 1 aliphatic rings.